The number of alkyl halides is 3. The lowest BCUT2D eigenvalue weighted by Gasteiger charge is -2.20. The Balaban J connectivity index is 1.96. The van der Waals surface area contributed by atoms with Crippen molar-refractivity contribution in [2.75, 3.05) is 0 Å². The van der Waals surface area contributed by atoms with Crippen LogP contribution in [-0.4, -0.2) is 12.3 Å². The Morgan fingerprint density at radius 1 is 1.15 bits per heavy atom. The Labute approximate surface area is 149 Å². The van der Waals surface area contributed by atoms with Gasteiger partial charge in [-0.15, -0.1) is 0 Å². The van der Waals surface area contributed by atoms with Crippen molar-refractivity contribution in [2.45, 2.75) is 19.1 Å². The summed E-state index contributed by atoms with van der Waals surface area (Å²) in [5.74, 6) is -2.83. The molecule has 0 aliphatic heterocycles. The molecule has 9 heteroatoms. The van der Waals surface area contributed by atoms with Crippen LogP contribution in [0.15, 0.2) is 46.9 Å². The molecule has 0 bridgehead atoms. The molecule has 1 amide bonds. The molecular weight excluding hydrogens is 373 g/mol. The minimum atomic E-state index is -4.97. The van der Waals surface area contributed by atoms with E-state index in [4.69, 9.17) is 9.15 Å². The van der Waals surface area contributed by atoms with E-state index in [1.54, 1.807) is 11.4 Å². The molecule has 3 rings (SSSR count). The Hall–Kier alpha value is -3.10. The van der Waals surface area contributed by atoms with Crippen LogP contribution in [0.5, 0.6) is 5.75 Å². The summed E-state index contributed by atoms with van der Waals surface area (Å²) >= 11 is 0. The third-order valence-corrected chi connectivity index (χ3v) is 3.80. The lowest BCUT2D eigenvalue weighted by Crippen LogP contribution is -2.39. The largest absolute Gasteiger partial charge is 0.455 e. The summed E-state index contributed by atoms with van der Waals surface area (Å²) in [6.07, 6.45) is -6.35. The first kappa shape index (κ1) is 18.7. The number of nitrogens with one attached hydrogen (secondary N) is 1. The van der Waals surface area contributed by atoms with E-state index in [0.29, 0.717) is 6.07 Å². The Morgan fingerprint density at radius 2 is 1.81 bits per heavy atom. The summed E-state index contributed by atoms with van der Waals surface area (Å²) in [4.78, 5) is 11.9. The van der Waals surface area contributed by atoms with Gasteiger partial charge in [0.2, 0.25) is 0 Å². The molecule has 0 spiro atoms. The van der Waals surface area contributed by atoms with Crippen molar-refractivity contribution in [3.8, 4) is 5.75 Å². The lowest BCUT2D eigenvalue weighted by molar-refractivity contribution is -0.159. The molecule has 0 radical (unpaired) electrons. The van der Waals surface area contributed by atoms with Crippen LogP contribution in [0.3, 0.4) is 0 Å². The molecule has 0 aliphatic carbocycles. The van der Waals surface area contributed by atoms with Gasteiger partial charge in [0.1, 0.15) is 17.3 Å². The van der Waals surface area contributed by atoms with E-state index < -0.39 is 41.3 Å². The third kappa shape index (κ3) is 3.86. The normalized spacial score (nSPS) is 12.8. The molecule has 2 aromatic carbocycles. The second-order valence-electron chi connectivity index (χ2n) is 5.68. The maximum Gasteiger partial charge on any atom is 0.416 e. The van der Waals surface area contributed by atoms with Crippen LogP contribution in [-0.2, 0) is 0 Å². The van der Waals surface area contributed by atoms with Crippen molar-refractivity contribution >= 4 is 17.1 Å². The lowest BCUT2D eigenvalue weighted by atomic mass is 10.1. The number of amides is 1. The van der Waals surface area contributed by atoms with Crippen LogP contribution >= 0.6 is 0 Å². The average molecular weight is 385 g/mol. The number of benzene rings is 2. The van der Waals surface area contributed by atoms with E-state index in [1.165, 1.54) is 31.2 Å². The van der Waals surface area contributed by atoms with E-state index >= 15 is 0 Å². The quantitative estimate of drug-likeness (QED) is 0.614. The highest BCUT2D eigenvalue weighted by Crippen LogP contribution is 2.39. The molecule has 27 heavy (non-hydrogen) atoms. The molecule has 1 atom stereocenters. The number of hydrogen-bond donors (Lipinski definition) is 1. The smallest absolute Gasteiger partial charge is 0.416 e. The van der Waals surface area contributed by atoms with E-state index in [2.05, 4.69) is 0 Å². The molecule has 4 nitrogen and oxygen atoms in total. The van der Waals surface area contributed by atoms with Gasteiger partial charge in [-0.25, -0.2) is 13.6 Å². The van der Waals surface area contributed by atoms with E-state index in [9.17, 15) is 26.7 Å². The molecular formula is C18H12F5NO3. The SMILES string of the molecule is Cc1c(C(NC(=O)Oc2ccccc2)C(F)(F)F)oc2c(F)cc(F)cc12. The number of carbonyl (C=O) groups is 1. The van der Waals surface area contributed by atoms with Gasteiger partial charge in [-0.3, -0.25) is 0 Å². The van der Waals surface area contributed by atoms with Gasteiger partial charge in [-0.2, -0.15) is 13.2 Å². The fourth-order valence-corrected chi connectivity index (χ4v) is 2.58. The van der Waals surface area contributed by atoms with Crippen LogP contribution in [0, 0.1) is 18.6 Å². The number of rotatable bonds is 3. The first-order valence-electron chi connectivity index (χ1n) is 7.65. The second-order valence-corrected chi connectivity index (χ2v) is 5.68. The number of ether oxygens (including phenoxy) is 1. The maximum atomic E-state index is 13.8. The Bertz CT molecular complexity index is 982. The highest BCUT2D eigenvalue weighted by molar-refractivity contribution is 5.83. The molecule has 142 valence electrons. The molecule has 0 fully saturated rings. The van der Waals surface area contributed by atoms with Crippen molar-refractivity contribution in [2.24, 2.45) is 0 Å². The van der Waals surface area contributed by atoms with Crippen molar-refractivity contribution in [1.82, 2.24) is 5.32 Å². The van der Waals surface area contributed by atoms with Crippen molar-refractivity contribution in [3.05, 3.63) is 65.4 Å². The van der Waals surface area contributed by atoms with Crippen molar-refractivity contribution in [3.63, 3.8) is 0 Å². The zero-order valence-electron chi connectivity index (χ0n) is 13.7. The summed E-state index contributed by atoms with van der Waals surface area (Å²) in [6.45, 7) is 1.21. The number of carbonyl (C=O) groups excluding carboxylic acids is 1. The predicted octanol–water partition coefficient (Wildman–Crippen LogP) is 5.41. The fraction of sp³-hybridized carbons (Fsp3) is 0.167. The summed E-state index contributed by atoms with van der Waals surface area (Å²) < 4.78 is 77.5. The molecule has 1 heterocycles. The van der Waals surface area contributed by atoms with Crippen LogP contribution in [0.2, 0.25) is 0 Å². The first-order valence-corrected chi connectivity index (χ1v) is 7.65. The van der Waals surface area contributed by atoms with E-state index in [0.717, 1.165) is 6.07 Å². The standard InChI is InChI=1S/C18H12F5NO3/c1-9-12-7-10(19)8-13(20)15(12)27-14(9)16(18(21,22)23)24-17(25)26-11-5-3-2-4-6-11/h2-8,16H,1H3,(H,24,25). The van der Waals surface area contributed by atoms with Gasteiger partial charge in [0, 0.05) is 17.0 Å². The number of halogens is 5. The predicted molar refractivity (Wildman–Crippen MR) is 85.3 cm³/mol. The van der Waals surface area contributed by atoms with Crippen LogP contribution in [0.25, 0.3) is 11.0 Å². The zero-order valence-corrected chi connectivity index (χ0v) is 13.7. The van der Waals surface area contributed by atoms with Gasteiger partial charge in [0.15, 0.2) is 17.4 Å². The van der Waals surface area contributed by atoms with Crippen LogP contribution in [0.1, 0.15) is 17.4 Å². The number of hydrogen-bond acceptors (Lipinski definition) is 3. The Morgan fingerprint density at radius 3 is 2.44 bits per heavy atom. The number of furan rings is 1. The number of para-hydroxylation sites is 1. The highest BCUT2D eigenvalue weighted by Gasteiger charge is 2.46. The summed E-state index contributed by atoms with van der Waals surface area (Å²) in [6, 6.07) is 6.21. The minimum absolute atomic E-state index is 0.0327. The molecule has 0 saturated heterocycles. The highest BCUT2D eigenvalue weighted by atomic mass is 19.4. The van der Waals surface area contributed by atoms with E-state index in [-0.39, 0.29) is 16.7 Å². The molecule has 1 N–H and O–H groups in total. The summed E-state index contributed by atoms with van der Waals surface area (Å²) in [5.41, 5.74) is -0.679. The fourth-order valence-electron chi connectivity index (χ4n) is 2.58. The van der Waals surface area contributed by atoms with Gasteiger partial charge < -0.3 is 14.5 Å². The van der Waals surface area contributed by atoms with Gasteiger partial charge in [0.25, 0.3) is 0 Å². The van der Waals surface area contributed by atoms with E-state index in [1.807, 2.05) is 0 Å². The minimum Gasteiger partial charge on any atom is -0.455 e. The molecule has 0 aliphatic rings. The summed E-state index contributed by atoms with van der Waals surface area (Å²) in [7, 11) is 0. The third-order valence-electron chi connectivity index (χ3n) is 3.80. The van der Waals surface area contributed by atoms with Crippen LogP contribution < -0.4 is 10.1 Å². The molecule has 0 saturated carbocycles. The monoisotopic (exact) mass is 385 g/mol. The molecule has 3 aromatic rings. The first-order chi connectivity index (χ1) is 12.7. The zero-order chi connectivity index (χ0) is 19.8. The number of fused-ring (bicyclic) bond motifs is 1. The van der Waals surface area contributed by atoms with Gasteiger partial charge in [0.05, 0.1) is 0 Å². The Kier molecular flexibility index (Phi) is 4.77. The van der Waals surface area contributed by atoms with Gasteiger partial charge in [-0.1, -0.05) is 18.2 Å². The number of aryl methyl sites for hydroxylation is 1. The van der Waals surface area contributed by atoms with Crippen molar-refractivity contribution < 1.29 is 35.9 Å². The second kappa shape index (κ2) is 6.90. The average Bonchev–Trinajstić information content (AvgIpc) is 2.90. The van der Waals surface area contributed by atoms with Crippen molar-refractivity contribution in [1.29, 1.82) is 0 Å². The maximum absolute atomic E-state index is 13.8. The van der Waals surface area contributed by atoms with Gasteiger partial charge in [-0.05, 0) is 25.1 Å². The molecule has 1 aromatic heterocycles. The topological polar surface area (TPSA) is 51.5 Å². The van der Waals surface area contributed by atoms with Gasteiger partial charge >= 0.3 is 12.3 Å². The summed E-state index contributed by atoms with van der Waals surface area (Å²) in [5, 5.41) is 1.50. The van der Waals surface area contributed by atoms with Crippen LogP contribution in [0.4, 0.5) is 26.7 Å². The molecule has 1 unspecified atom stereocenters.